The Bertz CT molecular complexity index is 788. The van der Waals surface area contributed by atoms with E-state index >= 15 is 0 Å². The molecular formula is C18H20N2OS2. The number of aryl methyl sites for hydroxylation is 1. The quantitative estimate of drug-likeness (QED) is 0.644. The van der Waals surface area contributed by atoms with E-state index in [0.717, 1.165) is 48.2 Å². The Kier molecular flexibility index (Phi) is 4.09. The summed E-state index contributed by atoms with van der Waals surface area (Å²) in [6, 6.07) is 6.90. The molecule has 4 heterocycles. The fourth-order valence-electron chi connectivity index (χ4n) is 3.39. The molecule has 0 aromatic carbocycles. The molecule has 0 N–H and O–H groups in total. The number of hydrogen-bond acceptors (Lipinski definition) is 5. The van der Waals surface area contributed by atoms with Crippen LogP contribution < -0.4 is 0 Å². The van der Waals surface area contributed by atoms with Gasteiger partial charge in [0, 0.05) is 24.0 Å². The first-order chi connectivity index (χ1) is 11.3. The van der Waals surface area contributed by atoms with Crippen LogP contribution in [0, 0.1) is 6.92 Å². The maximum atomic E-state index is 5.90. The summed E-state index contributed by atoms with van der Waals surface area (Å²) in [5.74, 6) is 1.70. The minimum absolute atomic E-state index is 0.506. The zero-order chi connectivity index (χ0) is 15.8. The van der Waals surface area contributed by atoms with Crippen molar-refractivity contribution in [3.05, 3.63) is 50.9 Å². The van der Waals surface area contributed by atoms with Gasteiger partial charge in [0.25, 0.3) is 0 Å². The van der Waals surface area contributed by atoms with Gasteiger partial charge in [-0.3, -0.25) is 4.90 Å². The summed E-state index contributed by atoms with van der Waals surface area (Å²) < 4.78 is 5.90. The van der Waals surface area contributed by atoms with Gasteiger partial charge >= 0.3 is 0 Å². The highest BCUT2D eigenvalue weighted by molar-refractivity contribution is 7.13. The number of oxazole rings is 1. The molecule has 1 atom stereocenters. The third-order valence-corrected chi connectivity index (χ3v) is 6.42. The third-order valence-electron chi connectivity index (χ3n) is 4.57. The van der Waals surface area contributed by atoms with E-state index in [1.165, 1.54) is 5.56 Å². The lowest BCUT2D eigenvalue weighted by Crippen LogP contribution is -2.34. The molecule has 0 saturated heterocycles. The van der Waals surface area contributed by atoms with Crippen LogP contribution in [-0.2, 0) is 13.0 Å². The zero-order valence-corrected chi connectivity index (χ0v) is 15.0. The third kappa shape index (κ3) is 2.77. The Hall–Kier alpha value is -1.43. The molecule has 3 aromatic heterocycles. The predicted molar refractivity (Wildman–Crippen MR) is 96.0 cm³/mol. The van der Waals surface area contributed by atoms with Gasteiger partial charge in [0.05, 0.1) is 10.6 Å². The maximum absolute atomic E-state index is 5.90. The van der Waals surface area contributed by atoms with Gasteiger partial charge in [0.1, 0.15) is 5.76 Å². The van der Waals surface area contributed by atoms with E-state index in [0.29, 0.717) is 6.04 Å². The van der Waals surface area contributed by atoms with Gasteiger partial charge in [-0.2, -0.15) is 0 Å². The van der Waals surface area contributed by atoms with Crippen LogP contribution in [0.1, 0.15) is 41.3 Å². The lowest BCUT2D eigenvalue weighted by Gasteiger charge is -2.34. The highest BCUT2D eigenvalue weighted by Crippen LogP contribution is 2.36. The number of nitrogens with zero attached hydrogens (tertiary/aromatic N) is 2. The van der Waals surface area contributed by atoms with E-state index in [1.54, 1.807) is 16.2 Å². The van der Waals surface area contributed by atoms with E-state index in [9.17, 15) is 0 Å². The Morgan fingerprint density at radius 3 is 3.00 bits per heavy atom. The van der Waals surface area contributed by atoms with Crippen molar-refractivity contribution >= 4 is 22.7 Å². The van der Waals surface area contributed by atoms with Crippen molar-refractivity contribution in [3.63, 3.8) is 0 Å². The first-order valence-electron chi connectivity index (χ1n) is 8.06. The number of rotatable bonds is 4. The molecule has 3 nitrogen and oxygen atoms in total. The second-order valence-corrected chi connectivity index (χ2v) is 7.89. The van der Waals surface area contributed by atoms with Crippen molar-refractivity contribution in [1.29, 1.82) is 0 Å². The molecule has 0 amide bonds. The standard InChI is InChI=1S/C18H20N2OS2/c1-3-15-13-7-10-23-16(13)6-8-20(15)11-14-12(2)21-18(19-14)17-5-4-9-22-17/h4-5,7,9-10,15H,3,6,8,11H2,1-2H3. The van der Waals surface area contributed by atoms with Gasteiger partial charge < -0.3 is 4.42 Å². The topological polar surface area (TPSA) is 29.3 Å². The maximum Gasteiger partial charge on any atom is 0.236 e. The monoisotopic (exact) mass is 344 g/mol. The molecule has 3 aromatic rings. The summed E-state index contributed by atoms with van der Waals surface area (Å²) in [7, 11) is 0. The molecule has 0 spiro atoms. The summed E-state index contributed by atoms with van der Waals surface area (Å²) in [4.78, 5) is 9.98. The van der Waals surface area contributed by atoms with Gasteiger partial charge in [-0.15, -0.1) is 22.7 Å². The van der Waals surface area contributed by atoms with Crippen LogP contribution in [0.3, 0.4) is 0 Å². The first-order valence-corrected chi connectivity index (χ1v) is 9.82. The molecular weight excluding hydrogens is 324 g/mol. The molecule has 120 valence electrons. The van der Waals surface area contributed by atoms with E-state index < -0.39 is 0 Å². The molecule has 0 radical (unpaired) electrons. The van der Waals surface area contributed by atoms with Crippen molar-refractivity contribution < 1.29 is 4.42 Å². The fourth-order valence-corrected chi connectivity index (χ4v) is 4.97. The van der Waals surface area contributed by atoms with Crippen LogP contribution in [0.15, 0.2) is 33.4 Å². The summed E-state index contributed by atoms with van der Waals surface area (Å²) in [6.45, 7) is 6.28. The minimum atomic E-state index is 0.506. The molecule has 1 aliphatic heterocycles. The lowest BCUT2D eigenvalue weighted by atomic mass is 9.97. The smallest absolute Gasteiger partial charge is 0.236 e. The van der Waals surface area contributed by atoms with Crippen molar-refractivity contribution in [2.24, 2.45) is 0 Å². The number of fused-ring (bicyclic) bond motifs is 1. The first kappa shape index (κ1) is 15.1. The highest BCUT2D eigenvalue weighted by Gasteiger charge is 2.28. The summed E-state index contributed by atoms with van der Waals surface area (Å²) in [6.07, 6.45) is 2.29. The van der Waals surface area contributed by atoms with Crippen molar-refractivity contribution in [3.8, 4) is 10.8 Å². The number of thiophene rings is 2. The molecule has 1 unspecified atom stereocenters. The second kappa shape index (κ2) is 6.23. The van der Waals surface area contributed by atoms with E-state index in [1.807, 2.05) is 24.3 Å². The second-order valence-electron chi connectivity index (χ2n) is 5.94. The predicted octanol–water partition coefficient (Wildman–Crippen LogP) is 5.28. The van der Waals surface area contributed by atoms with Crippen molar-refractivity contribution in [2.75, 3.05) is 6.54 Å². The largest absolute Gasteiger partial charge is 0.440 e. The Morgan fingerprint density at radius 2 is 2.22 bits per heavy atom. The van der Waals surface area contributed by atoms with Crippen LogP contribution >= 0.6 is 22.7 Å². The fraction of sp³-hybridized carbons (Fsp3) is 0.389. The van der Waals surface area contributed by atoms with E-state index in [2.05, 4.69) is 34.7 Å². The Morgan fingerprint density at radius 1 is 1.30 bits per heavy atom. The molecule has 5 heteroatoms. The number of hydrogen-bond donors (Lipinski definition) is 0. The SMILES string of the molecule is CCC1c2ccsc2CCN1Cc1nc(-c2cccs2)oc1C. The Labute approximate surface area is 144 Å². The van der Waals surface area contributed by atoms with Crippen LogP contribution in [-0.4, -0.2) is 16.4 Å². The molecule has 0 fully saturated rings. The average molecular weight is 345 g/mol. The molecule has 0 saturated carbocycles. The van der Waals surface area contributed by atoms with Gasteiger partial charge in [0.2, 0.25) is 5.89 Å². The van der Waals surface area contributed by atoms with Gasteiger partial charge in [-0.25, -0.2) is 4.98 Å². The molecule has 4 rings (SSSR count). The van der Waals surface area contributed by atoms with Crippen LogP contribution in [0.2, 0.25) is 0 Å². The zero-order valence-electron chi connectivity index (χ0n) is 13.4. The van der Waals surface area contributed by atoms with Crippen molar-refractivity contribution in [1.82, 2.24) is 9.88 Å². The lowest BCUT2D eigenvalue weighted by molar-refractivity contribution is 0.170. The van der Waals surface area contributed by atoms with Crippen LogP contribution in [0.4, 0.5) is 0 Å². The summed E-state index contributed by atoms with van der Waals surface area (Å²) >= 11 is 3.57. The van der Waals surface area contributed by atoms with E-state index in [4.69, 9.17) is 9.40 Å². The van der Waals surface area contributed by atoms with Crippen molar-refractivity contribution in [2.45, 2.75) is 39.3 Å². The minimum Gasteiger partial charge on any atom is -0.440 e. The van der Waals surface area contributed by atoms with Gasteiger partial charge in [-0.1, -0.05) is 13.0 Å². The van der Waals surface area contributed by atoms with Crippen LogP contribution in [0.25, 0.3) is 10.8 Å². The highest BCUT2D eigenvalue weighted by atomic mass is 32.1. The summed E-state index contributed by atoms with van der Waals surface area (Å²) in [5.41, 5.74) is 2.59. The number of aromatic nitrogens is 1. The molecule has 0 aliphatic carbocycles. The molecule has 0 bridgehead atoms. The summed E-state index contributed by atoms with van der Waals surface area (Å²) in [5, 5.41) is 4.29. The van der Waals surface area contributed by atoms with Gasteiger partial charge in [-0.05, 0) is 48.2 Å². The van der Waals surface area contributed by atoms with Crippen LogP contribution in [0.5, 0.6) is 0 Å². The van der Waals surface area contributed by atoms with E-state index in [-0.39, 0.29) is 0 Å². The van der Waals surface area contributed by atoms with Gasteiger partial charge in [0.15, 0.2) is 0 Å². The molecule has 23 heavy (non-hydrogen) atoms. The Balaban J connectivity index is 1.59. The average Bonchev–Trinajstić information content (AvgIpc) is 3.27. The normalized spacial score (nSPS) is 18.3. The molecule has 1 aliphatic rings.